The molecule has 2 amide bonds. The maximum atomic E-state index is 13.5. The van der Waals surface area contributed by atoms with Gasteiger partial charge in [-0.2, -0.15) is 13.9 Å². The van der Waals surface area contributed by atoms with Crippen LogP contribution in [0.5, 0.6) is 0 Å². The van der Waals surface area contributed by atoms with Crippen molar-refractivity contribution in [2.24, 2.45) is 5.73 Å². The van der Waals surface area contributed by atoms with Crippen LogP contribution in [0.25, 0.3) is 11.3 Å². The number of benzene rings is 1. The maximum absolute atomic E-state index is 13.5. The Morgan fingerprint density at radius 3 is 2.71 bits per heavy atom. The highest BCUT2D eigenvalue weighted by Crippen LogP contribution is 2.33. The highest BCUT2D eigenvalue weighted by Gasteiger charge is 2.35. The molecule has 3 N–H and O–H groups in total. The largest absolute Gasteiger partial charge is 0.465 e. The summed E-state index contributed by atoms with van der Waals surface area (Å²) in [6.07, 6.45) is -1.31. The van der Waals surface area contributed by atoms with E-state index >= 15 is 0 Å². The van der Waals surface area contributed by atoms with Crippen molar-refractivity contribution in [2.75, 3.05) is 13.2 Å². The Bertz CT molecular complexity index is 937. The number of carbonyl (C=O) groups excluding carboxylic acids is 1. The van der Waals surface area contributed by atoms with Crippen LogP contribution >= 0.6 is 11.6 Å². The summed E-state index contributed by atoms with van der Waals surface area (Å²) in [5, 5.41) is 13.3. The fraction of sp³-hybridized carbons (Fsp3) is 0.312. The molecule has 0 bridgehead atoms. The second kappa shape index (κ2) is 7.68. The molecule has 2 heterocycles. The number of carbonyl (C=O) groups is 2. The summed E-state index contributed by atoms with van der Waals surface area (Å²) in [7, 11) is 0. The van der Waals surface area contributed by atoms with E-state index in [1.165, 1.54) is 16.8 Å². The van der Waals surface area contributed by atoms with Crippen molar-refractivity contribution in [3.63, 3.8) is 0 Å². The first-order valence-corrected chi connectivity index (χ1v) is 8.31. The van der Waals surface area contributed by atoms with Crippen molar-refractivity contribution in [3.8, 4) is 11.3 Å². The van der Waals surface area contributed by atoms with E-state index < -0.39 is 37.1 Å². The number of alkyl halides is 2. The topological polar surface area (TPSA) is 111 Å². The van der Waals surface area contributed by atoms with Gasteiger partial charge in [-0.1, -0.05) is 11.6 Å². The van der Waals surface area contributed by atoms with Crippen molar-refractivity contribution < 1.29 is 32.6 Å². The molecule has 0 saturated carbocycles. The van der Waals surface area contributed by atoms with Crippen molar-refractivity contribution >= 4 is 23.6 Å². The zero-order chi connectivity index (χ0) is 20.6. The van der Waals surface area contributed by atoms with Crippen LogP contribution in [0, 0.1) is 5.82 Å². The Kier molecular flexibility index (Phi) is 5.47. The Hall–Kier alpha value is -2.79. The number of hydrogen-bond donors (Lipinski definition) is 2. The first kappa shape index (κ1) is 20.0. The number of carboxylic acid groups (broad SMARTS) is 1. The molecule has 0 spiro atoms. The van der Waals surface area contributed by atoms with E-state index in [1.54, 1.807) is 0 Å². The highest BCUT2D eigenvalue weighted by atomic mass is 35.5. The smallest absolute Gasteiger partial charge is 0.407 e. The predicted molar refractivity (Wildman–Crippen MR) is 90.6 cm³/mol. The van der Waals surface area contributed by atoms with Gasteiger partial charge in [0.1, 0.15) is 11.5 Å². The summed E-state index contributed by atoms with van der Waals surface area (Å²) in [4.78, 5) is 24.4. The van der Waals surface area contributed by atoms with Gasteiger partial charge in [-0.3, -0.25) is 9.48 Å². The average molecular weight is 419 g/mol. The molecule has 1 aromatic carbocycles. The number of fused-ring (bicyclic) bond motifs is 1. The average Bonchev–Trinajstić information content (AvgIpc) is 3.01. The first-order chi connectivity index (χ1) is 13.2. The Labute approximate surface area is 161 Å². The summed E-state index contributed by atoms with van der Waals surface area (Å²) in [6.45, 7) is -4.03. The van der Waals surface area contributed by atoms with Gasteiger partial charge in [0, 0.05) is 12.1 Å². The van der Waals surface area contributed by atoms with E-state index in [0.29, 0.717) is 0 Å². The zero-order valence-corrected chi connectivity index (χ0v) is 14.9. The van der Waals surface area contributed by atoms with Crippen LogP contribution in [0.15, 0.2) is 18.2 Å². The molecule has 12 heteroatoms. The van der Waals surface area contributed by atoms with Crippen LogP contribution in [0.4, 0.5) is 18.0 Å². The number of ether oxygens (including phenoxy) is 1. The Balaban J connectivity index is 2.14. The van der Waals surface area contributed by atoms with Crippen LogP contribution in [0.3, 0.4) is 0 Å². The molecular formula is C16H14ClF3N4O4. The van der Waals surface area contributed by atoms with Gasteiger partial charge in [0.05, 0.1) is 35.5 Å². The minimum absolute atomic E-state index is 0.0404. The van der Waals surface area contributed by atoms with Crippen molar-refractivity contribution in [1.29, 1.82) is 0 Å². The minimum atomic E-state index is -3.06. The predicted octanol–water partition coefficient (Wildman–Crippen LogP) is 2.72. The molecule has 2 aromatic rings. The number of rotatable bonds is 5. The van der Waals surface area contributed by atoms with Gasteiger partial charge < -0.3 is 20.5 Å². The molecule has 150 valence electrons. The first-order valence-electron chi connectivity index (χ1n) is 7.93. The number of nitrogens with two attached hydrogens (primary N) is 1. The van der Waals surface area contributed by atoms with Crippen LogP contribution in [0.1, 0.15) is 22.1 Å². The van der Waals surface area contributed by atoms with Crippen LogP contribution in [-0.4, -0.2) is 51.6 Å². The van der Waals surface area contributed by atoms with Crippen LogP contribution < -0.4 is 5.73 Å². The third-order valence-electron chi connectivity index (χ3n) is 4.25. The van der Waals surface area contributed by atoms with Crippen molar-refractivity contribution in [3.05, 3.63) is 40.3 Å². The summed E-state index contributed by atoms with van der Waals surface area (Å²) in [6, 6.07) is 2.71. The molecular weight excluding hydrogens is 405 g/mol. The molecule has 1 atom stereocenters. The molecule has 1 aromatic heterocycles. The molecule has 0 saturated heterocycles. The fourth-order valence-corrected chi connectivity index (χ4v) is 3.24. The summed E-state index contributed by atoms with van der Waals surface area (Å²) < 4.78 is 44.0. The molecule has 0 aliphatic carbocycles. The van der Waals surface area contributed by atoms with Gasteiger partial charge in [-0.05, 0) is 18.2 Å². The van der Waals surface area contributed by atoms with E-state index in [1.807, 2.05) is 0 Å². The molecule has 3 rings (SSSR count). The van der Waals surface area contributed by atoms with Gasteiger partial charge >= 0.3 is 12.7 Å². The standard InChI is InChI=1S/C16H14ClF3N4O4/c17-9-3-7(1-2-10(9)18)13-12(14(21)25)11-5-23(16(26)27)4-8(24(11)22-13)6-28-15(19)20/h1-3,8,15H,4-6H2,(H2,21,25)(H,26,27). The van der Waals surface area contributed by atoms with Gasteiger partial charge in [-0.15, -0.1) is 0 Å². The molecule has 0 radical (unpaired) electrons. The summed E-state index contributed by atoms with van der Waals surface area (Å²) >= 11 is 5.79. The summed E-state index contributed by atoms with van der Waals surface area (Å²) in [5.74, 6) is -1.59. The number of aromatic nitrogens is 2. The van der Waals surface area contributed by atoms with Gasteiger partial charge in [0.15, 0.2) is 0 Å². The van der Waals surface area contributed by atoms with Gasteiger partial charge in [-0.25, -0.2) is 9.18 Å². The third-order valence-corrected chi connectivity index (χ3v) is 4.54. The van der Waals surface area contributed by atoms with E-state index in [2.05, 4.69) is 9.84 Å². The Morgan fingerprint density at radius 2 is 2.14 bits per heavy atom. The quantitative estimate of drug-likeness (QED) is 0.775. The van der Waals surface area contributed by atoms with E-state index in [4.69, 9.17) is 17.3 Å². The van der Waals surface area contributed by atoms with Crippen molar-refractivity contribution in [2.45, 2.75) is 19.2 Å². The Morgan fingerprint density at radius 1 is 1.43 bits per heavy atom. The molecule has 1 aliphatic heterocycles. The molecule has 0 fully saturated rings. The lowest BCUT2D eigenvalue weighted by molar-refractivity contribution is -0.139. The molecule has 28 heavy (non-hydrogen) atoms. The number of primary amides is 1. The lowest BCUT2D eigenvalue weighted by Crippen LogP contribution is -2.43. The van der Waals surface area contributed by atoms with Crippen LogP contribution in [0.2, 0.25) is 5.02 Å². The highest BCUT2D eigenvalue weighted by molar-refractivity contribution is 6.31. The minimum Gasteiger partial charge on any atom is -0.465 e. The molecule has 1 aliphatic rings. The number of halogens is 4. The lowest BCUT2D eigenvalue weighted by Gasteiger charge is -2.32. The second-order valence-electron chi connectivity index (χ2n) is 6.02. The van der Waals surface area contributed by atoms with Crippen molar-refractivity contribution in [1.82, 2.24) is 14.7 Å². The maximum Gasteiger partial charge on any atom is 0.407 e. The monoisotopic (exact) mass is 418 g/mol. The van der Waals surface area contributed by atoms with E-state index in [0.717, 1.165) is 11.0 Å². The lowest BCUT2D eigenvalue weighted by atomic mass is 10.0. The number of hydrogen-bond acceptors (Lipinski definition) is 4. The zero-order valence-electron chi connectivity index (χ0n) is 14.1. The normalized spacial score (nSPS) is 16.3. The number of amides is 2. The van der Waals surface area contributed by atoms with Gasteiger partial charge in [0.25, 0.3) is 5.91 Å². The SMILES string of the molecule is NC(=O)c1c(-c2ccc(F)c(Cl)c2)nn2c1CN(C(=O)O)CC2COC(F)F. The second-order valence-corrected chi connectivity index (χ2v) is 6.43. The molecule has 8 nitrogen and oxygen atoms in total. The van der Waals surface area contributed by atoms with E-state index in [-0.39, 0.29) is 40.6 Å². The third kappa shape index (κ3) is 3.76. The number of nitrogens with zero attached hydrogens (tertiary/aromatic N) is 3. The van der Waals surface area contributed by atoms with Gasteiger partial charge in [0.2, 0.25) is 0 Å². The summed E-state index contributed by atoms with van der Waals surface area (Å²) in [5.41, 5.74) is 5.79. The molecule has 1 unspecified atom stereocenters. The van der Waals surface area contributed by atoms with E-state index in [9.17, 15) is 27.9 Å². The van der Waals surface area contributed by atoms with Crippen LogP contribution in [-0.2, 0) is 11.3 Å². The fourth-order valence-electron chi connectivity index (χ4n) is 3.06.